The minimum atomic E-state index is -3.71. The fourth-order valence-electron chi connectivity index (χ4n) is 6.70. The number of sulfonamides is 1. The number of amides is 2. The first kappa shape index (κ1) is 30.8. The highest BCUT2D eigenvalue weighted by atomic mass is 32.2. The van der Waals surface area contributed by atoms with Gasteiger partial charge in [0.05, 0.1) is 10.6 Å². The fraction of sp³-hybridized carbons (Fsp3) is 0.351. The molecule has 0 unspecified atom stereocenters. The third kappa shape index (κ3) is 6.76. The Kier molecular flexibility index (Phi) is 9.21. The highest BCUT2D eigenvalue weighted by molar-refractivity contribution is 7.93. The maximum Gasteiger partial charge on any atom is 0.265 e. The number of nitrogens with one attached hydrogen (secondary N) is 1. The van der Waals surface area contributed by atoms with E-state index in [1.165, 1.54) is 10.7 Å². The lowest BCUT2D eigenvalue weighted by Crippen LogP contribution is -2.52. The largest absolute Gasteiger partial charge is 0.352 e. The topological polar surface area (TPSA) is 86.8 Å². The van der Waals surface area contributed by atoms with Gasteiger partial charge in [-0.2, -0.15) is 0 Å². The van der Waals surface area contributed by atoms with Crippen LogP contribution in [0.2, 0.25) is 0 Å². The zero-order valence-corrected chi connectivity index (χ0v) is 26.6. The van der Waals surface area contributed by atoms with E-state index in [2.05, 4.69) is 5.32 Å². The van der Waals surface area contributed by atoms with Gasteiger partial charge in [-0.05, 0) is 54.8 Å². The minimum absolute atomic E-state index is 0.116. The fourth-order valence-corrected chi connectivity index (χ4v) is 8.45. The van der Waals surface area contributed by atoms with E-state index in [0.717, 1.165) is 53.1 Å². The van der Waals surface area contributed by atoms with Gasteiger partial charge >= 0.3 is 0 Å². The van der Waals surface area contributed by atoms with Crippen molar-refractivity contribution >= 4 is 38.3 Å². The number of hydrogen-bond acceptors (Lipinski definition) is 4. The van der Waals surface area contributed by atoms with Gasteiger partial charge in [0, 0.05) is 37.4 Å². The maximum atomic E-state index is 14.2. The quantitative estimate of drug-likeness (QED) is 0.206. The molecular weight excluding hydrogens is 582 g/mol. The Hall–Kier alpha value is -4.17. The lowest BCUT2D eigenvalue weighted by Gasteiger charge is -2.33. The average Bonchev–Trinajstić information content (AvgIpc) is 3.27. The lowest BCUT2D eigenvalue weighted by molar-refractivity contribution is -0.141. The van der Waals surface area contributed by atoms with Crippen LogP contribution in [0.1, 0.15) is 61.6 Å². The maximum absolute atomic E-state index is 14.2. The highest BCUT2D eigenvalue weighted by Gasteiger charge is 2.36. The van der Waals surface area contributed by atoms with Crippen LogP contribution in [0.4, 0.5) is 5.69 Å². The van der Waals surface area contributed by atoms with Crippen LogP contribution in [0.5, 0.6) is 0 Å². The molecule has 2 aliphatic rings. The molecule has 0 bridgehead atoms. The minimum Gasteiger partial charge on any atom is -0.352 e. The summed E-state index contributed by atoms with van der Waals surface area (Å²) in [6.45, 7) is 2.49. The van der Waals surface area contributed by atoms with Crippen molar-refractivity contribution in [3.05, 3.63) is 108 Å². The van der Waals surface area contributed by atoms with Crippen molar-refractivity contribution in [3.63, 3.8) is 0 Å². The van der Waals surface area contributed by atoms with Crippen molar-refractivity contribution < 1.29 is 18.0 Å². The predicted octanol–water partition coefficient (Wildman–Crippen LogP) is 6.53. The molecule has 1 fully saturated rings. The zero-order chi connectivity index (χ0) is 31.4. The molecule has 0 spiro atoms. The number of carbonyl (C=O) groups excluding carboxylic acids is 2. The Morgan fingerprint density at radius 2 is 1.58 bits per heavy atom. The van der Waals surface area contributed by atoms with Crippen LogP contribution >= 0.6 is 0 Å². The van der Waals surface area contributed by atoms with E-state index in [0.29, 0.717) is 30.0 Å². The van der Waals surface area contributed by atoms with E-state index in [1.54, 1.807) is 17.0 Å². The van der Waals surface area contributed by atoms with Gasteiger partial charge in [0.15, 0.2) is 0 Å². The zero-order valence-electron chi connectivity index (χ0n) is 25.8. The molecule has 234 valence electrons. The molecule has 0 aromatic heterocycles. The molecule has 1 saturated carbocycles. The van der Waals surface area contributed by atoms with Crippen LogP contribution in [0.3, 0.4) is 0 Å². The Labute approximate surface area is 266 Å². The summed E-state index contributed by atoms with van der Waals surface area (Å²) in [7, 11) is -3.71. The molecule has 2 amide bonds. The molecule has 6 rings (SSSR count). The van der Waals surface area contributed by atoms with E-state index in [-0.39, 0.29) is 30.8 Å². The molecule has 1 aliphatic heterocycles. The number of rotatable bonds is 11. The Morgan fingerprint density at radius 3 is 2.31 bits per heavy atom. The highest BCUT2D eigenvalue weighted by Crippen LogP contribution is 2.42. The molecule has 7 nitrogen and oxygen atoms in total. The first-order valence-electron chi connectivity index (χ1n) is 16.0. The second-order valence-corrected chi connectivity index (χ2v) is 14.2. The summed E-state index contributed by atoms with van der Waals surface area (Å²) in [5.41, 5.74) is 3.70. The molecule has 1 heterocycles. The predicted molar refractivity (Wildman–Crippen MR) is 178 cm³/mol. The number of benzene rings is 4. The van der Waals surface area contributed by atoms with Gasteiger partial charge in [-0.25, -0.2) is 8.42 Å². The smallest absolute Gasteiger partial charge is 0.265 e. The summed E-state index contributed by atoms with van der Waals surface area (Å²) in [4.78, 5) is 30.2. The Balaban J connectivity index is 1.25. The van der Waals surface area contributed by atoms with Crippen LogP contribution in [-0.2, 0) is 32.6 Å². The van der Waals surface area contributed by atoms with Crippen molar-refractivity contribution in [2.45, 2.75) is 81.8 Å². The number of carbonyl (C=O) groups is 2. The van der Waals surface area contributed by atoms with Gasteiger partial charge < -0.3 is 10.2 Å². The van der Waals surface area contributed by atoms with Gasteiger partial charge in [0.1, 0.15) is 6.04 Å². The summed E-state index contributed by atoms with van der Waals surface area (Å²) in [5, 5.41) is 4.89. The molecule has 0 radical (unpaired) electrons. The molecular formula is C37H41N3O4S. The van der Waals surface area contributed by atoms with Gasteiger partial charge in [-0.15, -0.1) is 0 Å². The molecule has 1 N–H and O–H groups in total. The average molecular weight is 624 g/mol. The summed E-state index contributed by atoms with van der Waals surface area (Å²) < 4.78 is 28.5. The van der Waals surface area contributed by atoms with Crippen LogP contribution in [0.25, 0.3) is 10.8 Å². The monoisotopic (exact) mass is 623 g/mol. The molecule has 4 aromatic carbocycles. The first-order valence-corrected chi connectivity index (χ1v) is 17.5. The SMILES string of the molecule is Cc1ccc(CN(C(=O)CCCN2c3cccc4cccc(c34)S2(=O)=O)[C@@H](Cc2ccccc2)C(=O)NC2CCCCC2)cc1. The summed E-state index contributed by atoms with van der Waals surface area (Å²) in [6, 6.07) is 28.2. The molecule has 4 aromatic rings. The van der Waals surface area contributed by atoms with Crippen LogP contribution in [0, 0.1) is 6.92 Å². The van der Waals surface area contributed by atoms with Crippen molar-refractivity contribution in [1.29, 1.82) is 0 Å². The second-order valence-electron chi connectivity index (χ2n) is 12.4. The van der Waals surface area contributed by atoms with Crippen molar-refractivity contribution in [1.82, 2.24) is 10.2 Å². The summed E-state index contributed by atoms with van der Waals surface area (Å²) >= 11 is 0. The Bertz CT molecular complexity index is 1760. The lowest BCUT2D eigenvalue weighted by atomic mass is 9.94. The summed E-state index contributed by atoms with van der Waals surface area (Å²) in [5.74, 6) is -0.293. The molecule has 1 atom stereocenters. The van der Waals surface area contributed by atoms with E-state index in [4.69, 9.17) is 0 Å². The number of aryl methyl sites for hydroxylation is 1. The van der Waals surface area contributed by atoms with Gasteiger partial charge in [0.2, 0.25) is 11.8 Å². The van der Waals surface area contributed by atoms with Crippen LogP contribution in [-0.4, -0.2) is 43.8 Å². The van der Waals surface area contributed by atoms with Gasteiger partial charge in [-0.3, -0.25) is 13.9 Å². The van der Waals surface area contributed by atoms with Gasteiger partial charge in [-0.1, -0.05) is 104 Å². The molecule has 8 heteroatoms. The van der Waals surface area contributed by atoms with Gasteiger partial charge in [0.25, 0.3) is 10.0 Å². The summed E-state index contributed by atoms with van der Waals surface area (Å²) in [6.07, 6.45) is 6.12. The first-order chi connectivity index (χ1) is 21.8. The van der Waals surface area contributed by atoms with E-state index < -0.39 is 16.1 Å². The number of anilines is 1. The standard InChI is InChI=1S/C37H41N3O4S/c1-27-20-22-29(23-21-27)26-39(33(25-28-11-4-2-5-12-28)37(42)38-31-15-6-3-7-16-31)35(41)19-10-24-40-32-17-8-13-30-14-9-18-34(36(30)32)45(40,43)44/h2,4-5,8-9,11-14,17-18,20-23,31,33H,3,6-7,10,15-16,19,24-26H2,1H3,(H,38,42)/t33-/m0/s1. The van der Waals surface area contributed by atoms with Crippen molar-refractivity contribution in [2.24, 2.45) is 0 Å². The van der Waals surface area contributed by atoms with Crippen LogP contribution < -0.4 is 9.62 Å². The van der Waals surface area contributed by atoms with Crippen LogP contribution in [0.15, 0.2) is 95.9 Å². The van der Waals surface area contributed by atoms with E-state index >= 15 is 0 Å². The third-order valence-electron chi connectivity index (χ3n) is 9.13. The van der Waals surface area contributed by atoms with Crippen molar-refractivity contribution in [3.8, 4) is 0 Å². The Morgan fingerprint density at radius 1 is 0.867 bits per heavy atom. The van der Waals surface area contributed by atoms with Crippen molar-refractivity contribution in [2.75, 3.05) is 10.8 Å². The third-order valence-corrected chi connectivity index (χ3v) is 11.0. The number of nitrogens with zero attached hydrogens (tertiary/aromatic N) is 2. The normalized spacial score (nSPS) is 16.4. The molecule has 45 heavy (non-hydrogen) atoms. The molecule has 0 saturated heterocycles. The second kappa shape index (κ2) is 13.4. The van der Waals surface area contributed by atoms with E-state index in [9.17, 15) is 18.0 Å². The molecule has 1 aliphatic carbocycles. The number of hydrogen-bond donors (Lipinski definition) is 1. The van der Waals surface area contributed by atoms with E-state index in [1.807, 2.05) is 85.8 Å².